The smallest absolute Gasteiger partial charge is 0.255 e. The van der Waals surface area contributed by atoms with Crippen LogP contribution in [0.3, 0.4) is 0 Å². The van der Waals surface area contributed by atoms with Crippen LogP contribution in [0.4, 0.5) is 0 Å². The van der Waals surface area contributed by atoms with Crippen LogP contribution in [0.25, 0.3) is 10.2 Å². The molecule has 0 atom stereocenters. The summed E-state index contributed by atoms with van der Waals surface area (Å²) in [5, 5.41) is 4.25. The van der Waals surface area contributed by atoms with Crippen molar-refractivity contribution >= 4 is 61.7 Å². The van der Waals surface area contributed by atoms with E-state index in [0.29, 0.717) is 22.9 Å². The number of para-hydroxylation sites is 1. The Morgan fingerprint density at radius 2 is 2.17 bits per heavy atom. The predicted molar refractivity (Wildman–Crippen MR) is 102 cm³/mol. The fourth-order valence-electron chi connectivity index (χ4n) is 2.12. The molecule has 0 aliphatic heterocycles. The van der Waals surface area contributed by atoms with E-state index in [0.717, 1.165) is 18.8 Å². The summed E-state index contributed by atoms with van der Waals surface area (Å²) in [6.07, 6.45) is 0. The van der Waals surface area contributed by atoms with E-state index in [-0.39, 0.29) is 5.91 Å². The topological polar surface area (TPSA) is 51.2 Å². The van der Waals surface area contributed by atoms with E-state index in [4.69, 9.17) is 16.3 Å². The van der Waals surface area contributed by atoms with Gasteiger partial charge in [0.05, 0.1) is 34.5 Å². The van der Waals surface area contributed by atoms with Crippen molar-refractivity contribution in [3.05, 3.63) is 55.6 Å². The van der Waals surface area contributed by atoms with Gasteiger partial charge in [-0.3, -0.25) is 4.79 Å². The zero-order valence-corrected chi connectivity index (χ0v) is 15.8. The number of halogens is 2. The third kappa shape index (κ3) is 3.59. The molecule has 3 aromatic rings. The highest BCUT2D eigenvalue weighted by molar-refractivity contribution is 14.1. The Balaban J connectivity index is 1.78. The van der Waals surface area contributed by atoms with Gasteiger partial charge < -0.3 is 10.1 Å². The summed E-state index contributed by atoms with van der Waals surface area (Å²) in [6.45, 7) is 0.366. The molecule has 0 unspecified atom stereocenters. The molecule has 1 aromatic heterocycles. The van der Waals surface area contributed by atoms with Gasteiger partial charge in [0.25, 0.3) is 5.91 Å². The lowest BCUT2D eigenvalue weighted by Gasteiger charge is -2.10. The van der Waals surface area contributed by atoms with Crippen molar-refractivity contribution in [3.63, 3.8) is 0 Å². The number of nitrogens with one attached hydrogen (secondary N) is 1. The SMILES string of the molecule is COc1cc(I)c(Cl)cc1C(=O)NCc1nc2ccccc2s1. The first kappa shape index (κ1) is 16.5. The third-order valence-electron chi connectivity index (χ3n) is 3.23. The summed E-state index contributed by atoms with van der Waals surface area (Å²) >= 11 is 9.77. The molecule has 1 heterocycles. The number of aromatic nitrogens is 1. The molecule has 0 aliphatic rings. The fraction of sp³-hybridized carbons (Fsp3) is 0.125. The van der Waals surface area contributed by atoms with Crippen LogP contribution >= 0.6 is 45.5 Å². The number of carbonyl (C=O) groups is 1. The van der Waals surface area contributed by atoms with Gasteiger partial charge in [0.2, 0.25) is 0 Å². The Labute approximate surface area is 156 Å². The summed E-state index contributed by atoms with van der Waals surface area (Å²) in [7, 11) is 1.53. The molecule has 0 bridgehead atoms. The van der Waals surface area contributed by atoms with Crippen LogP contribution in [0.1, 0.15) is 15.4 Å². The van der Waals surface area contributed by atoms with Crippen LogP contribution in [-0.4, -0.2) is 18.0 Å². The number of methoxy groups -OCH3 is 1. The summed E-state index contributed by atoms with van der Waals surface area (Å²) in [4.78, 5) is 16.9. The van der Waals surface area contributed by atoms with E-state index in [1.807, 2.05) is 24.3 Å². The van der Waals surface area contributed by atoms with E-state index in [1.54, 1.807) is 23.5 Å². The molecule has 0 saturated carbocycles. The standard InChI is InChI=1S/C16H12ClIN2O2S/c1-22-13-7-11(18)10(17)6-9(13)16(21)19-8-15-20-12-4-2-3-5-14(12)23-15/h2-7H,8H2,1H3,(H,19,21). The van der Waals surface area contributed by atoms with Crippen molar-refractivity contribution in [2.75, 3.05) is 7.11 Å². The highest BCUT2D eigenvalue weighted by Crippen LogP contribution is 2.28. The fourth-order valence-corrected chi connectivity index (χ4v) is 3.63. The number of fused-ring (bicyclic) bond motifs is 1. The molecule has 118 valence electrons. The van der Waals surface area contributed by atoms with E-state index in [2.05, 4.69) is 32.9 Å². The molecule has 1 N–H and O–H groups in total. The minimum absolute atomic E-state index is 0.237. The second-order valence-electron chi connectivity index (χ2n) is 4.72. The van der Waals surface area contributed by atoms with Gasteiger partial charge in [-0.15, -0.1) is 11.3 Å². The van der Waals surface area contributed by atoms with Crippen LogP contribution < -0.4 is 10.1 Å². The van der Waals surface area contributed by atoms with E-state index < -0.39 is 0 Å². The zero-order chi connectivity index (χ0) is 16.4. The molecular formula is C16H12ClIN2O2S. The summed E-state index contributed by atoms with van der Waals surface area (Å²) in [5.41, 5.74) is 1.36. The minimum atomic E-state index is -0.237. The Morgan fingerprint density at radius 1 is 1.39 bits per heavy atom. The number of hydrogen-bond donors (Lipinski definition) is 1. The van der Waals surface area contributed by atoms with Gasteiger partial charge in [0.15, 0.2) is 0 Å². The number of rotatable bonds is 4. The molecule has 23 heavy (non-hydrogen) atoms. The lowest BCUT2D eigenvalue weighted by Crippen LogP contribution is -2.23. The van der Waals surface area contributed by atoms with Crippen molar-refractivity contribution in [1.29, 1.82) is 0 Å². The Bertz CT molecular complexity index is 849. The maximum absolute atomic E-state index is 12.4. The first-order valence-electron chi connectivity index (χ1n) is 6.74. The number of amides is 1. The maximum atomic E-state index is 12.4. The number of ether oxygens (including phenoxy) is 1. The normalized spacial score (nSPS) is 10.7. The Morgan fingerprint density at radius 3 is 2.91 bits per heavy atom. The van der Waals surface area contributed by atoms with Gasteiger partial charge in [0, 0.05) is 3.57 Å². The summed E-state index contributed by atoms with van der Waals surface area (Å²) < 4.78 is 7.21. The van der Waals surface area contributed by atoms with Crippen LogP contribution in [0.5, 0.6) is 5.75 Å². The van der Waals surface area contributed by atoms with Crippen molar-refractivity contribution in [2.45, 2.75) is 6.54 Å². The molecule has 7 heteroatoms. The first-order chi connectivity index (χ1) is 11.1. The Hall–Kier alpha value is -1.38. The number of benzene rings is 2. The van der Waals surface area contributed by atoms with Gasteiger partial charge in [-0.25, -0.2) is 4.98 Å². The van der Waals surface area contributed by atoms with Gasteiger partial charge in [0.1, 0.15) is 10.8 Å². The van der Waals surface area contributed by atoms with E-state index >= 15 is 0 Å². The molecule has 2 aromatic carbocycles. The van der Waals surface area contributed by atoms with Crippen LogP contribution in [0.15, 0.2) is 36.4 Å². The number of nitrogens with zero attached hydrogens (tertiary/aromatic N) is 1. The maximum Gasteiger partial charge on any atom is 0.255 e. The predicted octanol–water partition coefficient (Wildman–Crippen LogP) is 4.49. The average Bonchev–Trinajstić information content (AvgIpc) is 2.97. The number of hydrogen-bond acceptors (Lipinski definition) is 4. The molecule has 0 aliphatic carbocycles. The summed E-state index contributed by atoms with van der Waals surface area (Å²) in [5.74, 6) is 0.264. The van der Waals surface area contributed by atoms with Gasteiger partial charge in [-0.2, -0.15) is 0 Å². The molecule has 4 nitrogen and oxygen atoms in total. The molecule has 0 saturated heterocycles. The van der Waals surface area contributed by atoms with Gasteiger partial charge >= 0.3 is 0 Å². The second kappa shape index (κ2) is 7.02. The lowest BCUT2D eigenvalue weighted by molar-refractivity contribution is 0.0948. The van der Waals surface area contributed by atoms with Gasteiger partial charge in [-0.1, -0.05) is 23.7 Å². The zero-order valence-electron chi connectivity index (χ0n) is 12.1. The van der Waals surface area contributed by atoms with E-state index in [1.165, 1.54) is 7.11 Å². The highest BCUT2D eigenvalue weighted by atomic mass is 127. The first-order valence-corrected chi connectivity index (χ1v) is 9.01. The number of carbonyl (C=O) groups excluding carboxylic acids is 1. The number of thiazole rings is 1. The van der Waals surface area contributed by atoms with Crippen LogP contribution in [0, 0.1) is 3.57 Å². The van der Waals surface area contributed by atoms with Crippen molar-refractivity contribution < 1.29 is 9.53 Å². The highest BCUT2D eigenvalue weighted by Gasteiger charge is 2.15. The largest absolute Gasteiger partial charge is 0.496 e. The van der Waals surface area contributed by atoms with Crippen molar-refractivity contribution in [2.24, 2.45) is 0 Å². The summed E-state index contributed by atoms with van der Waals surface area (Å²) in [6, 6.07) is 11.3. The van der Waals surface area contributed by atoms with Crippen molar-refractivity contribution in [3.8, 4) is 5.75 Å². The average molecular weight is 459 g/mol. The van der Waals surface area contributed by atoms with Gasteiger partial charge in [-0.05, 0) is 46.9 Å². The minimum Gasteiger partial charge on any atom is -0.496 e. The van der Waals surface area contributed by atoms with E-state index in [9.17, 15) is 4.79 Å². The van der Waals surface area contributed by atoms with Crippen LogP contribution in [0.2, 0.25) is 5.02 Å². The molecule has 0 radical (unpaired) electrons. The van der Waals surface area contributed by atoms with Crippen molar-refractivity contribution in [1.82, 2.24) is 10.3 Å². The molecule has 0 fully saturated rings. The quantitative estimate of drug-likeness (QED) is 0.586. The molecule has 0 spiro atoms. The monoisotopic (exact) mass is 458 g/mol. The van der Waals surface area contributed by atoms with Crippen LogP contribution in [-0.2, 0) is 6.54 Å². The third-order valence-corrected chi connectivity index (χ3v) is 5.79. The molecule has 3 rings (SSSR count). The molecule has 1 amide bonds. The lowest BCUT2D eigenvalue weighted by atomic mass is 10.2. The Kier molecular flexibility index (Phi) is 5.03. The molecular weight excluding hydrogens is 447 g/mol. The second-order valence-corrected chi connectivity index (χ2v) is 7.41.